The molecule has 4 nitrogen and oxygen atoms in total. The van der Waals surface area contributed by atoms with Gasteiger partial charge >= 0.3 is 51.4 Å². The van der Waals surface area contributed by atoms with Crippen molar-refractivity contribution < 1.29 is 69.5 Å². The molecule has 24 heavy (non-hydrogen) atoms. The van der Waals surface area contributed by atoms with E-state index in [0.29, 0.717) is 6.42 Å². The SMILES string of the molecule is CCCCCCCCCCCCCC(O)CC(CC)S(=O)(=O)[O-].[K+]. The zero-order valence-corrected chi connectivity index (χ0v) is 20.1. The van der Waals surface area contributed by atoms with E-state index in [0.717, 1.165) is 12.8 Å². The van der Waals surface area contributed by atoms with E-state index in [1.165, 1.54) is 57.8 Å². The molecule has 6 heteroatoms. The number of aliphatic hydroxyl groups excluding tert-OH is 1. The molecule has 0 aromatic rings. The summed E-state index contributed by atoms with van der Waals surface area (Å²) in [4.78, 5) is 0. The van der Waals surface area contributed by atoms with Crippen molar-refractivity contribution in [3.63, 3.8) is 0 Å². The molecule has 0 bridgehead atoms. The maximum Gasteiger partial charge on any atom is 1.00 e. The minimum atomic E-state index is -4.27. The Morgan fingerprint density at radius 1 is 0.833 bits per heavy atom. The van der Waals surface area contributed by atoms with Gasteiger partial charge in [0.25, 0.3) is 0 Å². The first-order valence-corrected chi connectivity index (χ1v) is 11.0. The monoisotopic (exact) mass is 388 g/mol. The van der Waals surface area contributed by atoms with Crippen LogP contribution in [0.25, 0.3) is 0 Å². The standard InChI is InChI=1S/C18H38O4S.K/c1-3-5-6-7-8-9-10-11-12-13-14-15-17(19)16-18(4-2)23(20,21)22;/h17-19H,3-16H2,1-2H3,(H,20,21,22);/q;+1/p-1. The van der Waals surface area contributed by atoms with E-state index in [1.54, 1.807) is 6.92 Å². The minimum absolute atomic E-state index is 0. The third kappa shape index (κ3) is 16.9. The zero-order chi connectivity index (χ0) is 17.6. The molecule has 2 atom stereocenters. The maximum atomic E-state index is 11.0. The third-order valence-corrected chi connectivity index (χ3v) is 5.88. The average Bonchev–Trinajstić information content (AvgIpc) is 2.49. The fourth-order valence-electron chi connectivity index (χ4n) is 2.95. The van der Waals surface area contributed by atoms with Crippen molar-refractivity contribution in [1.29, 1.82) is 0 Å². The van der Waals surface area contributed by atoms with Crippen molar-refractivity contribution in [2.45, 2.75) is 115 Å². The molecule has 0 aliphatic rings. The van der Waals surface area contributed by atoms with Crippen LogP contribution < -0.4 is 51.4 Å². The molecular formula is C18H37KO4S. The molecule has 0 aliphatic heterocycles. The van der Waals surface area contributed by atoms with Gasteiger partial charge in [0.15, 0.2) is 0 Å². The van der Waals surface area contributed by atoms with Crippen molar-refractivity contribution in [2.24, 2.45) is 0 Å². The normalized spacial score (nSPS) is 14.2. The van der Waals surface area contributed by atoms with Crippen molar-refractivity contribution in [1.82, 2.24) is 0 Å². The van der Waals surface area contributed by atoms with E-state index in [9.17, 15) is 18.1 Å². The fourth-order valence-corrected chi connectivity index (χ4v) is 3.82. The quantitative estimate of drug-likeness (QED) is 0.248. The largest absolute Gasteiger partial charge is 1.00 e. The average molecular weight is 389 g/mol. The van der Waals surface area contributed by atoms with Crippen molar-refractivity contribution in [3.05, 3.63) is 0 Å². The number of rotatable bonds is 16. The van der Waals surface area contributed by atoms with E-state index in [2.05, 4.69) is 6.92 Å². The Kier molecular flexibility index (Phi) is 20.7. The number of aliphatic hydroxyl groups is 1. The van der Waals surface area contributed by atoms with Gasteiger partial charge in [0.05, 0.1) is 21.5 Å². The number of hydrogen-bond acceptors (Lipinski definition) is 4. The van der Waals surface area contributed by atoms with Gasteiger partial charge in [-0.05, 0) is 19.3 Å². The van der Waals surface area contributed by atoms with Gasteiger partial charge in [0, 0.05) is 0 Å². The Bertz CT molecular complexity index is 360. The molecule has 0 fully saturated rings. The second-order valence-electron chi connectivity index (χ2n) is 6.74. The molecule has 0 radical (unpaired) electrons. The van der Waals surface area contributed by atoms with Crippen LogP contribution in [0.5, 0.6) is 0 Å². The summed E-state index contributed by atoms with van der Waals surface area (Å²) < 4.78 is 33.0. The minimum Gasteiger partial charge on any atom is -0.748 e. The summed E-state index contributed by atoms with van der Waals surface area (Å²) in [5.74, 6) is 0. The second kappa shape index (κ2) is 17.9. The van der Waals surface area contributed by atoms with E-state index >= 15 is 0 Å². The Morgan fingerprint density at radius 3 is 1.62 bits per heavy atom. The summed E-state index contributed by atoms with van der Waals surface area (Å²) in [6.07, 6.45) is 14.1. The van der Waals surface area contributed by atoms with Gasteiger partial charge in [0.1, 0.15) is 0 Å². The van der Waals surface area contributed by atoms with Crippen LogP contribution in [0.2, 0.25) is 0 Å². The van der Waals surface area contributed by atoms with Crippen LogP contribution in [0.3, 0.4) is 0 Å². The van der Waals surface area contributed by atoms with Gasteiger partial charge in [0.2, 0.25) is 0 Å². The summed E-state index contributed by atoms with van der Waals surface area (Å²) in [7, 11) is -4.27. The maximum absolute atomic E-state index is 11.0. The van der Waals surface area contributed by atoms with Crippen LogP contribution in [-0.4, -0.2) is 29.4 Å². The Hall–Kier alpha value is 1.51. The molecule has 0 aromatic carbocycles. The van der Waals surface area contributed by atoms with Gasteiger partial charge in [-0.15, -0.1) is 0 Å². The molecule has 0 aliphatic carbocycles. The van der Waals surface area contributed by atoms with E-state index in [-0.39, 0.29) is 64.2 Å². The van der Waals surface area contributed by atoms with Crippen molar-refractivity contribution in [3.8, 4) is 0 Å². The van der Waals surface area contributed by atoms with Gasteiger partial charge in [-0.25, -0.2) is 8.42 Å². The van der Waals surface area contributed by atoms with Gasteiger partial charge < -0.3 is 9.66 Å². The number of unbranched alkanes of at least 4 members (excludes halogenated alkanes) is 10. The molecule has 0 spiro atoms. The second-order valence-corrected chi connectivity index (χ2v) is 8.39. The van der Waals surface area contributed by atoms with E-state index < -0.39 is 21.5 Å². The number of hydrogen-bond donors (Lipinski definition) is 1. The van der Waals surface area contributed by atoms with Crippen molar-refractivity contribution >= 4 is 10.1 Å². The first kappa shape index (κ1) is 27.7. The summed E-state index contributed by atoms with van der Waals surface area (Å²) in [6.45, 7) is 3.91. The van der Waals surface area contributed by atoms with Crippen LogP contribution >= 0.6 is 0 Å². The van der Waals surface area contributed by atoms with Crippen LogP contribution in [0, 0.1) is 0 Å². The Balaban J connectivity index is 0. The molecule has 0 heterocycles. The van der Waals surface area contributed by atoms with Gasteiger partial charge in [-0.2, -0.15) is 0 Å². The molecule has 0 amide bonds. The molecule has 0 saturated carbocycles. The molecule has 0 rings (SSSR count). The predicted octanol–water partition coefficient (Wildman–Crippen LogP) is 1.77. The van der Waals surface area contributed by atoms with Gasteiger partial charge in [-0.3, -0.25) is 0 Å². The topological polar surface area (TPSA) is 77.4 Å². The molecular weight excluding hydrogens is 351 g/mol. The summed E-state index contributed by atoms with van der Waals surface area (Å²) >= 11 is 0. The van der Waals surface area contributed by atoms with Crippen LogP contribution in [0.1, 0.15) is 104 Å². The van der Waals surface area contributed by atoms with Crippen LogP contribution in [0.4, 0.5) is 0 Å². The predicted molar refractivity (Wildman–Crippen MR) is 95.5 cm³/mol. The first-order valence-electron chi connectivity index (χ1n) is 9.54. The Labute approximate surface area is 192 Å². The molecule has 1 N–H and O–H groups in total. The third-order valence-electron chi connectivity index (χ3n) is 4.54. The summed E-state index contributed by atoms with van der Waals surface area (Å²) in [6, 6.07) is 0. The summed E-state index contributed by atoms with van der Waals surface area (Å²) in [5.41, 5.74) is 0. The van der Waals surface area contributed by atoms with Crippen molar-refractivity contribution in [2.75, 3.05) is 0 Å². The molecule has 2 unspecified atom stereocenters. The first-order chi connectivity index (χ1) is 10.9. The van der Waals surface area contributed by atoms with Gasteiger partial charge in [-0.1, -0.05) is 84.5 Å². The Morgan fingerprint density at radius 2 is 1.25 bits per heavy atom. The van der Waals surface area contributed by atoms with E-state index in [4.69, 9.17) is 0 Å². The summed E-state index contributed by atoms with van der Waals surface area (Å²) in [5, 5.41) is 8.91. The van der Waals surface area contributed by atoms with E-state index in [1.807, 2.05) is 0 Å². The van der Waals surface area contributed by atoms with Crippen LogP contribution in [0.15, 0.2) is 0 Å². The zero-order valence-electron chi connectivity index (χ0n) is 16.1. The molecule has 0 aromatic heterocycles. The molecule has 140 valence electrons. The fraction of sp³-hybridized carbons (Fsp3) is 1.00. The molecule has 0 saturated heterocycles. The van der Waals surface area contributed by atoms with Crippen LogP contribution in [-0.2, 0) is 10.1 Å². The smallest absolute Gasteiger partial charge is 0.748 e.